The summed E-state index contributed by atoms with van der Waals surface area (Å²) in [5.74, 6) is 4.11. The summed E-state index contributed by atoms with van der Waals surface area (Å²) in [6.45, 7) is 1.55. The van der Waals surface area contributed by atoms with Gasteiger partial charge in [-0.15, -0.1) is 0 Å². The molecule has 17 heavy (non-hydrogen) atoms. The largest absolute Gasteiger partial charge is 0.356 e. The zero-order valence-electron chi connectivity index (χ0n) is 10.5. The van der Waals surface area contributed by atoms with E-state index in [1.807, 2.05) is 11.8 Å². The topological polar surface area (TPSA) is 55.1 Å². The van der Waals surface area contributed by atoms with Crippen molar-refractivity contribution >= 4 is 17.7 Å². The molecule has 0 aromatic rings. The van der Waals surface area contributed by atoms with Crippen LogP contribution in [0.3, 0.4) is 0 Å². The highest BCUT2D eigenvalue weighted by Crippen LogP contribution is 2.31. The van der Waals surface area contributed by atoms with Crippen LogP contribution in [0.2, 0.25) is 0 Å². The molecule has 1 aliphatic heterocycles. The van der Waals surface area contributed by atoms with Crippen molar-refractivity contribution in [3.05, 3.63) is 0 Å². The first-order chi connectivity index (χ1) is 8.31. The van der Waals surface area contributed by atoms with Gasteiger partial charge in [0, 0.05) is 12.5 Å². The number of nitrogens with two attached hydrogens (primary N) is 1. The quantitative estimate of drug-likeness (QED) is 0.803. The molecule has 2 aliphatic rings. The number of nitrogens with one attached hydrogen (secondary N) is 1. The summed E-state index contributed by atoms with van der Waals surface area (Å²) in [6.07, 6.45) is 5.86. The summed E-state index contributed by atoms with van der Waals surface area (Å²) in [4.78, 5) is 12.1. The molecule has 0 aromatic heterocycles. The van der Waals surface area contributed by atoms with E-state index in [4.69, 9.17) is 5.73 Å². The molecule has 1 saturated heterocycles. The molecule has 2 fully saturated rings. The monoisotopic (exact) mass is 256 g/mol. The molecule has 3 nitrogen and oxygen atoms in total. The summed E-state index contributed by atoms with van der Waals surface area (Å²) < 4.78 is 0. The minimum Gasteiger partial charge on any atom is -0.356 e. The minimum absolute atomic E-state index is 0.193. The third kappa shape index (κ3) is 3.62. The van der Waals surface area contributed by atoms with Crippen LogP contribution in [0.5, 0.6) is 0 Å². The van der Waals surface area contributed by atoms with Crippen LogP contribution in [-0.4, -0.2) is 30.5 Å². The maximum Gasteiger partial charge on any atom is 0.223 e. The molecule has 1 heterocycles. The third-order valence-electron chi connectivity index (χ3n) is 4.20. The Morgan fingerprint density at radius 1 is 1.24 bits per heavy atom. The second-order valence-corrected chi connectivity index (χ2v) is 6.56. The Morgan fingerprint density at radius 2 is 2.00 bits per heavy atom. The van der Waals surface area contributed by atoms with Crippen molar-refractivity contribution in [1.82, 2.24) is 5.32 Å². The lowest BCUT2D eigenvalue weighted by atomic mass is 9.95. The molecule has 4 heteroatoms. The zero-order valence-corrected chi connectivity index (χ0v) is 11.3. The molecule has 1 saturated carbocycles. The summed E-state index contributed by atoms with van der Waals surface area (Å²) in [6, 6.07) is 0. The average Bonchev–Trinajstić information content (AvgIpc) is 2.85. The Balaban J connectivity index is 1.72. The molecule has 0 spiro atoms. The highest BCUT2D eigenvalue weighted by atomic mass is 32.2. The van der Waals surface area contributed by atoms with E-state index in [9.17, 15) is 4.79 Å². The van der Waals surface area contributed by atoms with Gasteiger partial charge < -0.3 is 11.1 Å². The minimum atomic E-state index is 0.193. The predicted molar refractivity (Wildman–Crippen MR) is 72.9 cm³/mol. The number of thioether (sulfide) groups is 1. The van der Waals surface area contributed by atoms with Crippen molar-refractivity contribution < 1.29 is 4.79 Å². The van der Waals surface area contributed by atoms with Gasteiger partial charge in [0.15, 0.2) is 0 Å². The molecule has 0 radical (unpaired) electrons. The van der Waals surface area contributed by atoms with Crippen LogP contribution >= 0.6 is 11.8 Å². The van der Waals surface area contributed by atoms with E-state index < -0.39 is 0 Å². The van der Waals surface area contributed by atoms with Gasteiger partial charge in [0.05, 0.1) is 0 Å². The number of carbonyl (C=O) groups excluding carboxylic acids is 1. The maximum atomic E-state index is 12.1. The van der Waals surface area contributed by atoms with Crippen molar-refractivity contribution in [1.29, 1.82) is 0 Å². The van der Waals surface area contributed by atoms with Crippen molar-refractivity contribution in [2.24, 2.45) is 23.5 Å². The standard InChI is InChI=1S/C13H24N2OS/c14-8-11-2-1-3-12(11)13(16)15-9-10-4-6-17-7-5-10/h10-12H,1-9,14H2,(H,15,16)/t11-,12-/m1/s1. The summed E-state index contributed by atoms with van der Waals surface area (Å²) in [5, 5.41) is 3.15. The number of amides is 1. The number of hydrogen-bond donors (Lipinski definition) is 2. The molecule has 0 aromatic carbocycles. The van der Waals surface area contributed by atoms with Crippen LogP contribution in [0.15, 0.2) is 0 Å². The fourth-order valence-corrected chi connectivity index (χ4v) is 4.19. The Labute approximate surface area is 108 Å². The number of rotatable bonds is 4. The van der Waals surface area contributed by atoms with Crippen LogP contribution < -0.4 is 11.1 Å². The second kappa shape index (κ2) is 6.64. The van der Waals surface area contributed by atoms with E-state index in [0.717, 1.165) is 19.4 Å². The van der Waals surface area contributed by atoms with Gasteiger partial charge in [0.2, 0.25) is 5.91 Å². The van der Waals surface area contributed by atoms with E-state index in [1.54, 1.807) is 0 Å². The molecule has 3 N–H and O–H groups in total. The lowest BCUT2D eigenvalue weighted by Crippen LogP contribution is -2.38. The lowest BCUT2D eigenvalue weighted by Gasteiger charge is -2.23. The first-order valence-electron chi connectivity index (χ1n) is 6.86. The smallest absolute Gasteiger partial charge is 0.223 e. The van der Waals surface area contributed by atoms with Crippen LogP contribution in [0.1, 0.15) is 32.1 Å². The second-order valence-electron chi connectivity index (χ2n) is 5.33. The summed E-state index contributed by atoms with van der Waals surface area (Å²) >= 11 is 2.03. The third-order valence-corrected chi connectivity index (χ3v) is 5.25. The Bertz CT molecular complexity index is 254. The molecule has 0 unspecified atom stereocenters. The highest BCUT2D eigenvalue weighted by molar-refractivity contribution is 7.99. The van der Waals surface area contributed by atoms with Gasteiger partial charge in [-0.1, -0.05) is 6.42 Å². The van der Waals surface area contributed by atoms with Gasteiger partial charge in [-0.2, -0.15) is 11.8 Å². The van der Waals surface area contributed by atoms with Crippen molar-refractivity contribution in [3.63, 3.8) is 0 Å². The number of carbonyl (C=O) groups is 1. The zero-order chi connectivity index (χ0) is 12.1. The Hall–Kier alpha value is -0.220. The molecule has 1 amide bonds. The SMILES string of the molecule is NC[C@H]1CCC[C@H]1C(=O)NCC1CCSCC1. The van der Waals surface area contributed by atoms with Crippen molar-refractivity contribution in [2.45, 2.75) is 32.1 Å². The average molecular weight is 256 g/mol. The first-order valence-corrected chi connectivity index (χ1v) is 8.02. The van der Waals surface area contributed by atoms with Gasteiger partial charge in [-0.25, -0.2) is 0 Å². The Morgan fingerprint density at radius 3 is 2.71 bits per heavy atom. The van der Waals surface area contributed by atoms with Crippen molar-refractivity contribution in [3.8, 4) is 0 Å². The normalized spacial score (nSPS) is 30.4. The van der Waals surface area contributed by atoms with Crippen LogP contribution in [-0.2, 0) is 4.79 Å². The van der Waals surface area contributed by atoms with E-state index in [2.05, 4.69) is 5.32 Å². The van der Waals surface area contributed by atoms with E-state index in [0.29, 0.717) is 18.4 Å². The predicted octanol–water partition coefficient (Wildman–Crippen LogP) is 1.62. The van der Waals surface area contributed by atoms with Gasteiger partial charge in [-0.3, -0.25) is 4.79 Å². The van der Waals surface area contributed by atoms with Crippen LogP contribution in [0.25, 0.3) is 0 Å². The summed E-state index contributed by atoms with van der Waals surface area (Å²) in [7, 11) is 0. The maximum absolute atomic E-state index is 12.1. The van der Waals surface area contributed by atoms with E-state index in [-0.39, 0.29) is 11.8 Å². The molecular weight excluding hydrogens is 232 g/mol. The van der Waals surface area contributed by atoms with Crippen LogP contribution in [0.4, 0.5) is 0 Å². The van der Waals surface area contributed by atoms with Gasteiger partial charge in [-0.05, 0) is 55.6 Å². The van der Waals surface area contributed by atoms with Gasteiger partial charge >= 0.3 is 0 Å². The van der Waals surface area contributed by atoms with E-state index >= 15 is 0 Å². The number of hydrogen-bond acceptors (Lipinski definition) is 3. The molecule has 2 atom stereocenters. The van der Waals surface area contributed by atoms with E-state index in [1.165, 1.54) is 30.8 Å². The highest BCUT2D eigenvalue weighted by Gasteiger charge is 2.31. The van der Waals surface area contributed by atoms with Gasteiger partial charge in [0.25, 0.3) is 0 Å². The lowest BCUT2D eigenvalue weighted by molar-refractivity contribution is -0.126. The summed E-state index contributed by atoms with van der Waals surface area (Å²) in [5.41, 5.74) is 5.72. The van der Waals surface area contributed by atoms with Gasteiger partial charge in [0.1, 0.15) is 0 Å². The van der Waals surface area contributed by atoms with Crippen LogP contribution in [0, 0.1) is 17.8 Å². The molecule has 0 bridgehead atoms. The molecule has 2 rings (SSSR count). The fourth-order valence-electron chi connectivity index (χ4n) is 2.99. The fraction of sp³-hybridized carbons (Fsp3) is 0.923. The molecular formula is C13H24N2OS. The molecule has 1 aliphatic carbocycles. The molecule has 98 valence electrons. The first kappa shape index (κ1) is 13.2. The van der Waals surface area contributed by atoms with Crippen molar-refractivity contribution in [2.75, 3.05) is 24.6 Å². The Kier molecular flexibility index (Phi) is 5.16.